The Hall–Kier alpha value is -1.85. The maximum atomic E-state index is 12.9. The minimum Gasteiger partial charge on any atom is -0.481 e. The molecule has 0 aromatic carbocycles. The second kappa shape index (κ2) is 9.59. The highest BCUT2D eigenvalue weighted by Crippen LogP contribution is 2.76. The van der Waals surface area contributed by atoms with Crippen LogP contribution in [0.15, 0.2) is 11.6 Å². The van der Waals surface area contributed by atoms with Crippen LogP contribution in [-0.4, -0.2) is 35.7 Å². The molecule has 0 spiro atoms. The number of carboxylic acid groups (broad SMARTS) is 1. The number of esters is 2. The lowest BCUT2D eigenvalue weighted by Crippen LogP contribution is -2.66. The highest BCUT2D eigenvalue weighted by atomic mass is 16.6. The summed E-state index contributed by atoms with van der Waals surface area (Å²) in [4.78, 5) is 37.0. The zero-order chi connectivity index (χ0) is 29.5. The van der Waals surface area contributed by atoms with Gasteiger partial charge in [0.1, 0.15) is 12.7 Å². The van der Waals surface area contributed by atoms with E-state index in [1.165, 1.54) is 19.4 Å². The minimum absolute atomic E-state index is 0.00358. The molecule has 0 amide bonds. The van der Waals surface area contributed by atoms with Crippen LogP contribution in [-0.2, 0) is 23.9 Å². The molecule has 11 atom stereocenters. The third kappa shape index (κ3) is 3.89. The van der Waals surface area contributed by atoms with E-state index in [0.717, 1.165) is 57.8 Å². The summed E-state index contributed by atoms with van der Waals surface area (Å²) in [5.74, 6) is 0.499. The van der Waals surface area contributed by atoms with Crippen LogP contribution in [0.2, 0.25) is 0 Å². The second-order valence-corrected chi connectivity index (χ2v) is 15.5. The molecule has 2 unspecified atom stereocenters. The average molecular weight is 557 g/mol. The van der Waals surface area contributed by atoms with E-state index >= 15 is 0 Å². The zero-order valence-corrected chi connectivity index (χ0v) is 26.1. The summed E-state index contributed by atoms with van der Waals surface area (Å²) in [6.45, 7) is 17.4. The van der Waals surface area contributed by atoms with Gasteiger partial charge in [0.05, 0.1) is 5.41 Å². The molecule has 4 fully saturated rings. The molecule has 0 saturated heterocycles. The lowest BCUT2D eigenvalue weighted by atomic mass is 9.33. The van der Waals surface area contributed by atoms with Gasteiger partial charge in [-0.25, -0.2) is 0 Å². The van der Waals surface area contributed by atoms with Crippen LogP contribution in [0.5, 0.6) is 0 Å². The van der Waals surface area contributed by atoms with Gasteiger partial charge in [0.2, 0.25) is 0 Å². The van der Waals surface area contributed by atoms with Crippen LogP contribution in [0, 0.1) is 56.7 Å². The molecule has 0 heterocycles. The van der Waals surface area contributed by atoms with Gasteiger partial charge in [-0.2, -0.15) is 0 Å². The SMILES string of the molecule is CC(=O)OCC1(C)C2CC[C@]3(C)[C@H](CC=C4[C@@H]5[C@@H](C)[C@H](C)CC[C@]5(C(=O)O)CC[C@]43C)[C@@]2(C)CC[C@@H]1OC(C)=O. The van der Waals surface area contributed by atoms with E-state index < -0.39 is 16.8 Å². The molecule has 5 aliphatic rings. The monoisotopic (exact) mass is 556 g/mol. The van der Waals surface area contributed by atoms with Crippen LogP contribution >= 0.6 is 0 Å². The van der Waals surface area contributed by atoms with E-state index in [9.17, 15) is 19.5 Å². The molecule has 1 N–H and O–H groups in total. The van der Waals surface area contributed by atoms with Crippen molar-refractivity contribution in [1.82, 2.24) is 0 Å². The molecule has 0 aromatic heterocycles. The Morgan fingerprint density at radius 3 is 2.23 bits per heavy atom. The van der Waals surface area contributed by atoms with Crippen molar-refractivity contribution in [2.45, 2.75) is 119 Å². The Kier molecular flexibility index (Phi) is 7.11. The molecule has 224 valence electrons. The van der Waals surface area contributed by atoms with E-state index in [1.54, 1.807) is 0 Å². The van der Waals surface area contributed by atoms with Crippen molar-refractivity contribution in [3.63, 3.8) is 0 Å². The fourth-order valence-electron chi connectivity index (χ4n) is 11.5. The molecule has 0 aliphatic heterocycles. The molecule has 0 radical (unpaired) electrons. The molecule has 6 heteroatoms. The number of hydrogen-bond acceptors (Lipinski definition) is 5. The maximum absolute atomic E-state index is 12.9. The fourth-order valence-corrected chi connectivity index (χ4v) is 11.5. The molecule has 0 bridgehead atoms. The molecule has 4 saturated carbocycles. The standard InChI is InChI=1S/C34H52O6/c1-20-11-16-34(29(37)38)18-17-32(7)24(28(34)21(20)2)9-10-26-30(5)14-13-27(40-23(4)36)31(6,19-39-22(3)35)25(30)12-15-33(26,32)8/h9,20-21,25-28H,10-19H2,1-8H3,(H,37,38)/t20-,21+,25?,26-,27+,28+,30+,31?,32-,33-,34+/m1/s1. The largest absolute Gasteiger partial charge is 0.481 e. The van der Waals surface area contributed by atoms with Crippen molar-refractivity contribution in [2.75, 3.05) is 6.61 Å². The third-order valence-electron chi connectivity index (χ3n) is 14.1. The Morgan fingerprint density at radius 1 is 0.900 bits per heavy atom. The fraction of sp³-hybridized carbons (Fsp3) is 0.853. The van der Waals surface area contributed by atoms with Gasteiger partial charge in [-0.05, 0) is 104 Å². The predicted octanol–water partition coefficient (Wildman–Crippen LogP) is 7.20. The van der Waals surface area contributed by atoms with Crippen LogP contribution in [0.4, 0.5) is 0 Å². The predicted molar refractivity (Wildman–Crippen MR) is 153 cm³/mol. The van der Waals surface area contributed by atoms with Crippen molar-refractivity contribution in [2.24, 2.45) is 56.7 Å². The number of carbonyl (C=O) groups is 3. The minimum atomic E-state index is -0.633. The summed E-state index contributed by atoms with van der Waals surface area (Å²) in [6.07, 6.45) is 10.4. The van der Waals surface area contributed by atoms with E-state index in [-0.39, 0.29) is 52.7 Å². The van der Waals surface area contributed by atoms with Gasteiger partial charge in [0.15, 0.2) is 0 Å². The number of carboxylic acids is 1. The quantitative estimate of drug-likeness (QED) is 0.291. The summed E-state index contributed by atoms with van der Waals surface area (Å²) in [7, 11) is 0. The van der Waals surface area contributed by atoms with Crippen molar-refractivity contribution in [3.05, 3.63) is 11.6 Å². The summed E-state index contributed by atoms with van der Waals surface area (Å²) in [6, 6.07) is 0. The average Bonchev–Trinajstić information content (AvgIpc) is 2.87. The normalized spacial score (nSPS) is 49.8. The van der Waals surface area contributed by atoms with E-state index in [2.05, 4.69) is 47.6 Å². The number of ether oxygens (including phenoxy) is 2. The van der Waals surface area contributed by atoms with Gasteiger partial charge in [0.25, 0.3) is 0 Å². The van der Waals surface area contributed by atoms with Gasteiger partial charge in [0, 0.05) is 19.3 Å². The number of rotatable bonds is 4. The summed E-state index contributed by atoms with van der Waals surface area (Å²) in [5, 5.41) is 10.6. The van der Waals surface area contributed by atoms with Crippen LogP contribution < -0.4 is 0 Å². The van der Waals surface area contributed by atoms with Crippen LogP contribution in [0.25, 0.3) is 0 Å². The second-order valence-electron chi connectivity index (χ2n) is 15.5. The van der Waals surface area contributed by atoms with E-state index in [1.807, 2.05) is 0 Å². The Bertz CT molecular complexity index is 1110. The number of fused-ring (bicyclic) bond motifs is 7. The molecule has 5 aliphatic carbocycles. The van der Waals surface area contributed by atoms with Crippen LogP contribution in [0.3, 0.4) is 0 Å². The third-order valence-corrected chi connectivity index (χ3v) is 14.1. The molecular formula is C34H52O6. The first-order chi connectivity index (χ1) is 18.6. The Morgan fingerprint density at radius 2 is 1.60 bits per heavy atom. The van der Waals surface area contributed by atoms with Gasteiger partial charge in [-0.1, -0.05) is 53.2 Å². The summed E-state index contributed by atoms with van der Waals surface area (Å²) < 4.78 is 11.6. The lowest BCUT2D eigenvalue weighted by Gasteiger charge is -2.71. The van der Waals surface area contributed by atoms with Crippen molar-refractivity contribution in [1.29, 1.82) is 0 Å². The first-order valence-corrected chi connectivity index (χ1v) is 15.8. The van der Waals surface area contributed by atoms with E-state index in [4.69, 9.17) is 9.47 Å². The smallest absolute Gasteiger partial charge is 0.310 e. The topological polar surface area (TPSA) is 89.9 Å². The van der Waals surface area contributed by atoms with Crippen molar-refractivity contribution >= 4 is 17.9 Å². The molecule has 0 aromatic rings. The van der Waals surface area contributed by atoms with Crippen molar-refractivity contribution < 1.29 is 29.0 Å². The lowest BCUT2D eigenvalue weighted by molar-refractivity contribution is -0.227. The number of aliphatic carboxylic acids is 1. The Labute approximate surface area is 241 Å². The molecular weight excluding hydrogens is 504 g/mol. The first kappa shape index (κ1) is 29.6. The first-order valence-electron chi connectivity index (χ1n) is 15.8. The maximum Gasteiger partial charge on any atom is 0.310 e. The van der Waals surface area contributed by atoms with Crippen molar-refractivity contribution in [3.8, 4) is 0 Å². The molecule has 5 rings (SSSR count). The Balaban J connectivity index is 1.57. The van der Waals surface area contributed by atoms with Crippen LogP contribution in [0.1, 0.15) is 113 Å². The molecule has 40 heavy (non-hydrogen) atoms. The summed E-state index contributed by atoms with van der Waals surface area (Å²) in [5.41, 5.74) is 0.358. The number of hydrogen-bond donors (Lipinski definition) is 1. The van der Waals surface area contributed by atoms with Gasteiger partial charge in [-0.15, -0.1) is 0 Å². The summed E-state index contributed by atoms with van der Waals surface area (Å²) >= 11 is 0. The van der Waals surface area contributed by atoms with Gasteiger partial charge >= 0.3 is 17.9 Å². The van der Waals surface area contributed by atoms with E-state index in [0.29, 0.717) is 17.8 Å². The van der Waals surface area contributed by atoms with Gasteiger partial charge < -0.3 is 14.6 Å². The zero-order valence-electron chi connectivity index (χ0n) is 26.1. The number of allylic oxidation sites excluding steroid dienone is 2. The molecule has 6 nitrogen and oxygen atoms in total. The highest BCUT2D eigenvalue weighted by Gasteiger charge is 2.70. The van der Waals surface area contributed by atoms with Gasteiger partial charge in [-0.3, -0.25) is 14.4 Å². The number of carbonyl (C=O) groups excluding carboxylic acids is 2. The highest BCUT2D eigenvalue weighted by molar-refractivity contribution is 5.76.